The van der Waals surface area contributed by atoms with Crippen LogP contribution in [0.2, 0.25) is 10.0 Å². The van der Waals surface area contributed by atoms with Gasteiger partial charge in [0.15, 0.2) is 0 Å². The molecule has 1 saturated carbocycles. The lowest BCUT2D eigenvalue weighted by Crippen LogP contribution is -2.51. The minimum Gasteiger partial charge on any atom is -0.352 e. The number of benzene rings is 2. The number of halogens is 3. The Balaban J connectivity index is 2.01. The van der Waals surface area contributed by atoms with E-state index < -0.39 is 27.8 Å². The Morgan fingerprint density at radius 3 is 2.30 bits per heavy atom. The van der Waals surface area contributed by atoms with Crippen molar-refractivity contribution in [1.29, 1.82) is 0 Å². The molecule has 1 fully saturated rings. The Labute approximate surface area is 186 Å². The maximum absolute atomic E-state index is 14.7. The quantitative estimate of drug-likeness (QED) is 0.630. The van der Waals surface area contributed by atoms with E-state index in [1.807, 2.05) is 0 Å². The molecule has 3 rings (SSSR count). The minimum atomic E-state index is -4.28. The molecule has 0 spiro atoms. The summed E-state index contributed by atoms with van der Waals surface area (Å²) in [6.07, 6.45) is 4.82. The maximum atomic E-state index is 14.7. The van der Waals surface area contributed by atoms with Crippen LogP contribution >= 0.6 is 23.2 Å². The monoisotopic (exact) mass is 472 g/mol. The van der Waals surface area contributed by atoms with E-state index in [-0.39, 0.29) is 21.6 Å². The van der Waals surface area contributed by atoms with E-state index >= 15 is 0 Å². The second kappa shape index (κ2) is 9.54. The average Bonchev–Trinajstić information content (AvgIpc) is 2.71. The van der Waals surface area contributed by atoms with E-state index in [1.54, 1.807) is 0 Å². The second-order valence-electron chi connectivity index (χ2n) is 7.37. The highest BCUT2D eigenvalue weighted by molar-refractivity contribution is 7.93. The molecule has 1 atom stereocenters. The highest BCUT2D eigenvalue weighted by Gasteiger charge is 2.36. The topological polar surface area (TPSA) is 66.5 Å². The molecule has 9 heteroatoms. The number of hydrogen-bond acceptors (Lipinski definition) is 3. The SMILES string of the molecule is C[C@H](C(=O)NC1CCCCC1)N(c1cc(Cl)ccc1F)S(=O)(=O)c1ccc(Cl)cc1. The van der Waals surface area contributed by atoms with Crippen molar-refractivity contribution in [3.05, 3.63) is 58.3 Å². The zero-order valence-corrected chi connectivity index (χ0v) is 18.8. The van der Waals surface area contributed by atoms with Crippen LogP contribution in [-0.2, 0) is 14.8 Å². The summed E-state index contributed by atoms with van der Waals surface area (Å²) in [7, 11) is -4.28. The van der Waals surface area contributed by atoms with E-state index in [0.717, 1.165) is 42.5 Å². The number of nitrogens with one attached hydrogen (secondary N) is 1. The molecule has 2 aromatic rings. The van der Waals surface area contributed by atoms with Gasteiger partial charge in [-0.1, -0.05) is 42.5 Å². The highest BCUT2D eigenvalue weighted by atomic mass is 35.5. The zero-order valence-electron chi connectivity index (χ0n) is 16.4. The van der Waals surface area contributed by atoms with Gasteiger partial charge in [0.25, 0.3) is 10.0 Å². The molecule has 1 amide bonds. The molecule has 30 heavy (non-hydrogen) atoms. The van der Waals surface area contributed by atoms with Gasteiger partial charge in [-0.15, -0.1) is 0 Å². The van der Waals surface area contributed by atoms with Crippen LogP contribution in [0.5, 0.6) is 0 Å². The van der Waals surface area contributed by atoms with E-state index in [9.17, 15) is 17.6 Å². The van der Waals surface area contributed by atoms with Crippen molar-refractivity contribution < 1.29 is 17.6 Å². The van der Waals surface area contributed by atoms with Crippen molar-refractivity contribution in [3.8, 4) is 0 Å². The molecule has 0 saturated heterocycles. The Bertz CT molecular complexity index is 1010. The molecular formula is C21H23Cl2FN2O3S. The lowest BCUT2D eigenvalue weighted by Gasteiger charge is -2.32. The van der Waals surface area contributed by atoms with Gasteiger partial charge in [0.2, 0.25) is 5.91 Å². The van der Waals surface area contributed by atoms with E-state index in [4.69, 9.17) is 23.2 Å². The van der Waals surface area contributed by atoms with Crippen LogP contribution < -0.4 is 9.62 Å². The van der Waals surface area contributed by atoms with Gasteiger partial charge in [-0.25, -0.2) is 12.8 Å². The summed E-state index contributed by atoms with van der Waals surface area (Å²) in [4.78, 5) is 12.9. The first kappa shape index (κ1) is 22.8. The fourth-order valence-corrected chi connectivity index (χ4v) is 5.51. The van der Waals surface area contributed by atoms with Gasteiger partial charge in [0, 0.05) is 16.1 Å². The first-order chi connectivity index (χ1) is 14.2. The molecular weight excluding hydrogens is 450 g/mol. The van der Waals surface area contributed by atoms with Gasteiger partial charge in [0.05, 0.1) is 10.6 Å². The van der Waals surface area contributed by atoms with E-state index in [2.05, 4.69) is 5.32 Å². The third-order valence-electron chi connectivity index (χ3n) is 5.20. The van der Waals surface area contributed by atoms with Crippen LogP contribution in [0, 0.1) is 5.82 Å². The first-order valence-corrected chi connectivity index (χ1v) is 11.9. The smallest absolute Gasteiger partial charge is 0.265 e. The van der Waals surface area contributed by atoms with Gasteiger partial charge >= 0.3 is 0 Å². The predicted molar refractivity (Wildman–Crippen MR) is 117 cm³/mol. The summed E-state index contributed by atoms with van der Waals surface area (Å²) < 4.78 is 42.4. The number of carbonyl (C=O) groups excluding carboxylic acids is 1. The lowest BCUT2D eigenvalue weighted by molar-refractivity contribution is -0.122. The number of hydrogen-bond donors (Lipinski definition) is 1. The van der Waals surface area contributed by atoms with Crippen molar-refractivity contribution >= 4 is 44.8 Å². The number of nitrogens with zero attached hydrogens (tertiary/aromatic N) is 1. The van der Waals surface area contributed by atoms with Crippen LogP contribution in [0.4, 0.5) is 10.1 Å². The summed E-state index contributed by atoms with van der Waals surface area (Å²) in [5.41, 5.74) is -0.288. The van der Waals surface area contributed by atoms with Crippen LogP contribution in [-0.4, -0.2) is 26.4 Å². The fraction of sp³-hybridized carbons (Fsp3) is 0.381. The molecule has 0 unspecified atom stereocenters. The Morgan fingerprint density at radius 2 is 1.67 bits per heavy atom. The van der Waals surface area contributed by atoms with E-state index in [1.165, 1.54) is 43.3 Å². The van der Waals surface area contributed by atoms with Crippen molar-refractivity contribution in [2.24, 2.45) is 0 Å². The number of sulfonamides is 1. The Morgan fingerprint density at radius 1 is 1.07 bits per heavy atom. The molecule has 162 valence electrons. The van der Waals surface area contributed by atoms with Crippen molar-refractivity contribution in [1.82, 2.24) is 5.32 Å². The van der Waals surface area contributed by atoms with Crippen molar-refractivity contribution in [3.63, 3.8) is 0 Å². The zero-order chi connectivity index (χ0) is 21.9. The number of rotatable bonds is 6. The summed E-state index contributed by atoms with van der Waals surface area (Å²) in [5, 5.41) is 3.43. The van der Waals surface area contributed by atoms with Crippen molar-refractivity contribution in [2.45, 2.75) is 56.0 Å². The largest absolute Gasteiger partial charge is 0.352 e. The summed E-state index contributed by atoms with van der Waals surface area (Å²) in [6.45, 7) is 1.44. The van der Waals surface area contributed by atoms with Crippen molar-refractivity contribution in [2.75, 3.05) is 4.31 Å². The maximum Gasteiger partial charge on any atom is 0.265 e. The lowest BCUT2D eigenvalue weighted by atomic mass is 9.95. The third kappa shape index (κ3) is 5.07. The third-order valence-corrected chi connectivity index (χ3v) is 7.58. The van der Waals surface area contributed by atoms with Crippen LogP contribution in [0.15, 0.2) is 47.4 Å². The second-order valence-corrected chi connectivity index (χ2v) is 10.1. The van der Waals surface area contributed by atoms with Crippen LogP contribution in [0.1, 0.15) is 39.0 Å². The summed E-state index contributed by atoms with van der Waals surface area (Å²) in [6, 6.07) is 7.88. The molecule has 1 aliphatic carbocycles. The normalized spacial score (nSPS) is 16.1. The van der Waals surface area contributed by atoms with E-state index in [0.29, 0.717) is 5.02 Å². The summed E-state index contributed by atoms with van der Waals surface area (Å²) >= 11 is 11.9. The molecule has 5 nitrogen and oxygen atoms in total. The molecule has 0 heterocycles. The highest BCUT2D eigenvalue weighted by Crippen LogP contribution is 2.31. The van der Waals surface area contributed by atoms with Crippen LogP contribution in [0.25, 0.3) is 0 Å². The Hall–Kier alpha value is -1.83. The fourth-order valence-electron chi connectivity index (χ4n) is 3.60. The molecule has 0 aliphatic heterocycles. The predicted octanol–water partition coefficient (Wildman–Crippen LogP) is 5.17. The first-order valence-electron chi connectivity index (χ1n) is 9.75. The van der Waals surface area contributed by atoms with Gasteiger partial charge in [-0.2, -0.15) is 0 Å². The molecule has 1 N–H and O–H groups in total. The molecule has 0 aromatic heterocycles. The number of amides is 1. The summed E-state index contributed by atoms with van der Waals surface area (Å²) in [5.74, 6) is -1.28. The van der Waals surface area contributed by atoms with Gasteiger partial charge in [0.1, 0.15) is 11.9 Å². The van der Waals surface area contributed by atoms with Gasteiger partial charge in [-0.05, 0) is 62.2 Å². The molecule has 2 aromatic carbocycles. The Kier molecular flexibility index (Phi) is 7.26. The average molecular weight is 473 g/mol. The van der Waals surface area contributed by atoms with Gasteiger partial charge in [-0.3, -0.25) is 9.10 Å². The van der Waals surface area contributed by atoms with Gasteiger partial charge < -0.3 is 5.32 Å². The molecule has 0 radical (unpaired) electrons. The molecule has 1 aliphatic rings. The molecule has 0 bridgehead atoms. The number of anilines is 1. The minimum absolute atomic E-state index is 0.0157. The number of carbonyl (C=O) groups is 1. The standard InChI is InChI=1S/C21H23Cl2FN2O3S/c1-14(21(27)25-17-5-3-2-4-6-17)26(20-13-16(23)9-12-19(20)24)30(28,29)18-10-7-15(22)8-11-18/h7-14,17H,2-6H2,1H3,(H,25,27)/t14-/m1/s1. The van der Waals surface area contributed by atoms with Crippen LogP contribution in [0.3, 0.4) is 0 Å².